The molecule has 4 unspecified atom stereocenters. The van der Waals surface area contributed by atoms with E-state index in [1.807, 2.05) is 0 Å². The van der Waals surface area contributed by atoms with Crippen molar-refractivity contribution in [1.82, 2.24) is 0 Å². The van der Waals surface area contributed by atoms with Crippen LogP contribution in [-0.4, -0.2) is 19.3 Å². The van der Waals surface area contributed by atoms with E-state index >= 15 is 0 Å². The van der Waals surface area contributed by atoms with Gasteiger partial charge in [-0.15, -0.1) is 0 Å². The summed E-state index contributed by atoms with van der Waals surface area (Å²) in [6, 6.07) is 0. The lowest BCUT2D eigenvalue weighted by Gasteiger charge is -2.58. The zero-order chi connectivity index (χ0) is 23.6. The number of rotatable bonds is 10. The highest BCUT2D eigenvalue weighted by Gasteiger charge is 2.59. The normalized spacial score (nSPS) is 41.2. The third kappa shape index (κ3) is 5.00. The van der Waals surface area contributed by atoms with Gasteiger partial charge in [0.25, 0.3) is 0 Å². The first kappa shape index (κ1) is 25.4. The first-order valence-electron chi connectivity index (χ1n) is 14.4. The summed E-state index contributed by atoms with van der Waals surface area (Å²) < 4.78 is 6.15. The van der Waals surface area contributed by atoms with Gasteiger partial charge in [0.15, 0.2) is 0 Å². The van der Waals surface area contributed by atoms with Crippen LogP contribution in [0, 0.1) is 51.2 Å². The van der Waals surface area contributed by atoms with Crippen molar-refractivity contribution in [3.8, 4) is 0 Å². The fourth-order valence-electron chi connectivity index (χ4n) is 9.17. The summed E-state index contributed by atoms with van der Waals surface area (Å²) in [4.78, 5) is 10.3. The molecule has 0 aliphatic heterocycles. The zero-order valence-corrected chi connectivity index (χ0v) is 22.3. The van der Waals surface area contributed by atoms with Crippen LogP contribution < -0.4 is 0 Å². The SMILES string of the molecule is CC(C)CCC[C@@H](C)[C@H]1CCC2C3CC=C4CC(OCCCN=O)CC[C@]4(C)C3CC[C@@]21C. The van der Waals surface area contributed by atoms with E-state index in [1.165, 1.54) is 64.2 Å². The van der Waals surface area contributed by atoms with Gasteiger partial charge in [0.1, 0.15) is 0 Å². The van der Waals surface area contributed by atoms with E-state index in [2.05, 4.69) is 45.9 Å². The van der Waals surface area contributed by atoms with E-state index in [0.717, 1.165) is 48.3 Å². The largest absolute Gasteiger partial charge is 0.378 e. The first-order chi connectivity index (χ1) is 15.8. The van der Waals surface area contributed by atoms with E-state index in [0.29, 0.717) is 30.1 Å². The van der Waals surface area contributed by atoms with Gasteiger partial charge < -0.3 is 4.74 Å². The average molecular weight is 458 g/mol. The Morgan fingerprint density at radius 1 is 1.03 bits per heavy atom. The minimum absolute atomic E-state index is 0.351. The van der Waals surface area contributed by atoms with Crippen molar-refractivity contribution in [3.05, 3.63) is 16.6 Å². The van der Waals surface area contributed by atoms with Crippen LogP contribution in [0.2, 0.25) is 0 Å². The van der Waals surface area contributed by atoms with Gasteiger partial charge in [-0.3, -0.25) is 0 Å². The predicted molar refractivity (Wildman–Crippen MR) is 138 cm³/mol. The van der Waals surface area contributed by atoms with Gasteiger partial charge in [-0.2, -0.15) is 4.91 Å². The van der Waals surface area contributed by atoms with Gasteiger partial charge in [0.2, 0.25) is 0 Å². The van der Waals surface area contributed by atoms with Gasteiger partial charge in [0, 0.05) is 6.61 Å². The van der Waals surface area contributed by atoms with Crippen molar-refractivity contribution >= 4 is 0 Å². The molecule has 188 valence electrons. The van der Waals surface area contributed by atoms with E-state index in [9.17, 15) is 4.91 Å². The maximum Gasteiger partial charge on any atom is 0.0833 e. The van der Waals surface area contributed by atoms with Crippen molar-refractivity contribution in [1.29, 1.82) is 0 Å². The Morgan fingerprint density at radius 2 is 1.85 bits per heavy atom. The molecule has 0 spiro atoms. The summed E-state index contributed by atoms with van der Waals surface area (Å²) in [5.74, 6) is 5.40. The first-order valence-corrected chi connectivity index (χ1v) is 14.4. The molecule has 0 aromatic heterocycles. The van der Waals surface area contributed by atoms with Crippen LogP contribution in [-0.2, 0) is 4.74 Å². The summed E-state index contributed by atoms with van der Waals surface area (Å²) >= 11 is 0. The topological polar surface area (TPSA) is 38.7 Å². The molecule has 3 saturated carbocycles. The highest BCUT2D eigenvalue weighted by molar-refractivity contribution is 5.25. The summed E-state index contributed by atoms with van der Waals surface area (Å²) in [6.45, 7) is 13.7. The van der Waals surface area contributed by atoms with Crippen LogP contribution in [0.15, 0.2) is 16.8 Å². The van der Waals surface area contributed by atoms with Crippen molar-refractivity contribution < 1.29 is 4.74 Å². The molecule has 0 aromatic carbocycles. The molecule has 0 heterocycles. The lowest BCUT2D eigenvalue weighted by Crippen LogP contribution is -2.51. The number of hydrogen-bond acceptors (Lipinski definition) is 3. The lowest BCUT2D eigenvalue weighted by molar-refractivity contribution is -0.0639. The van der Waals surface area contributed by atoms with Gasteiger partial charge in [-0.05, 0) is 104 Å². The molecular formula is C30H51NO2. The van der Waals surface area contributed by atoms with Crippen LogP contribution in [0.1, 0.15) is 112 Å². The molecule has 0 saturated heterocycles. The van der Waals surface area contributed by atoms with Gasteiger partial charge in [0.05, 0.1) is 12.6 Å². The number of fused-ring (bicyclic) bond motifs is 5. The maximum absolute atomic E-state index is 10.3. The Hall–Kier alpha value is -0.700. The van der Waals surface area contributed by atoms with E-state index < -0.39 is 0 Å². The molecule has 0 N–H and O–H groups in total. The third-order valence-corrected chi connectivity index (χ3v) is 11.0. The Morgan fingerprint density at radius 3 is 2.61 bits per heavy atom. The molecule has 3 nitrogen and oxygen atoms in total. The zero-order valence-electron chi connectivity index (χ0n) is 22.3. The average Bonchev–Trinajstić information content (AvgIpc) is 3.14. The smallest absolute Gasteiger partial charge is 0.0833 e. The van der Waals surface area contributed by atoms with Crippen LogP contribution in [0.25, 0.3) is 0 Å². The quantitative estimate of drug-likeness (QED) is 0.187. The van der Waals surface area contributed by atoms with Gasteiger partial charge >= 0.3 is 0 Å². The molecule has 0 bridgehead atoms. The standard InChI is InChI=1S/C30H51NO2/c1-21(2)8-6-9-22(3)26-12-13-27-25-11-10-23-20-24(33-19-7-18-31-32)14-16-29(23,4)28(25)15-17-30(26,27)5/h10,21-22,24-28H,6-9,11-20H2,1-5H3/t22-,24?,25?,26-,27?,28?,29+,30-/m1/s1. The monoisotopic (exact) mass is 457 g/mol. The molecule has 4 aliphatic rings. The molecule has 4 rings (SSSR count). The Labute approximate surface area is 203 Å². The van der Waals surface area contributed by atoms with Crippen molar-refractivity contribution in [3.63, 3.8) is 0 Å². The molecule has 4 aliphatic carbocycles. The summed E-state index contributed by atoms with van der Waals surface area (Å²) in [7, 11) is 0. The number of nitroso groups, excluding NO2 is 1. The van der Waals surface area contributed by atoms with Crippen LogP contribution >= 0.6 is 0 Å². The fraction of sp³-hybridized carbons (Fsp3) is 0.933. The molecule has 8 atom stereocenters. The van der Waals surface area contributed by atoms with E-state index in [1.54, 1.807) is 5.57 Å². The third-order valence-electron chi connectivity index (χ3n) is 11.0. The van der Waals surface area contributed by atoms with Crippen LogP contribution in [0.5, 0.6) is 0 Å². The molecule has 3 fully saturated rings. The van der Waals surface area contributed by atoms with Crippen LogP contribution in [0.4, 0.5) is 0 Å². The van der Waals surface area contributed by atoms with E-state index in [4.69, 9.17) is 4.74 Å². The fourth-order valence-corrected chi connectivity index (χ4v) is 9.17. The lowest BCUT2D eigenvalue weighted by atomic mass is 9.47. The molecule has 0 amide bonds. The summed E-state index contributed by atoms with van der Waals surface area (Å²) in [6.07, 6.45) is 18.8. The highest BCUT2D eigenvalue weighted by Crippen LogP contribution is 2.67. The van der Waals surface area contributed by atoms with Gasteiger partial charge in [-0.1, -0.05) is 70.7 Å². The van der Waals surface area contributed by atoms with Crippen LogP contribution in [0.3, 0.4) is 0 Å². The van der Waals surface area contributed by atoms with Gasteiger partial charge in [-0.25, -0.2) is 0 Å². The Kier molecular flexibility index (Phi) is 8.08. The minimum atomic E-state index is 0.351. The highest BCUT2D eigenvalue weighted by atomic mass is 16.5. The van der Waals surface area contributed by atoms with Crippen molar-refractivity contribution in [2.75, 3.05) is 13.2 Å². The second-order valence-electron chi connectivity index (χ2n) is 13.2. The summed E-state index contributed by atoms with van der Waals surface area (Å²) in [5, 5.41) is 2.97. The molecule has 0 aromatic rings. The van der Waals surface area contributed by atoms with Crippen molar-refractivity contribution in [2.24, 2.45) is 51.5 Å². The molecule has 0 radical (unpaired) electrons. The molecular weight excluding hydrogens is 406 g/mol. The Bertz CT molecular complexity index is 701. The maximum atomic E-state index is 10.3. The second-order valence-corrected chi connectivity index (χ2v) is 13.2. The Balaban J connectivity index is 1.40. The predicted octanol–water partition coefficient (Wildman–Crippen LogP) is 8.57. The summed E-state index contributed by atoms with van der Waals surface area (Å²) in [5.41, 5.74) is 2.68. The minimum Gasteiger partial charge on any atom is -0.378 e. The number of ether oxygens (including phenoxy) is 1. The van der Waals surface area contributed by atoms with E-state index in [-0.39, 0.29) is 0 Å². The molecule has 3 heteroatoms. The number of hydrogen-bond donors (Lipinski definition) is 0. The number of nitrogens with zero attached hydrogens (tertiary/aromatic N) is 1. The van der Waals surface area contributed by atoms with Crippen molar-refractivity contribution in [2.45, 2.75) is 118 Å². The number of allylic oxidation sites excluding steroid dienone is 1. The second kappa shape index (κ2) is 10.5. The molecule has 33 heavy (non-hydrogen) atoms.